The molecule has 0 fully saturated rings. The lowest BCUT2D eigenvalue weighted by atomic mass is 10.0. The number of hydrogen-bond acceptors (Lipinski definition) is 3. The van der Waals surface area contributed by atoms with Gasteiger partial charge >= 0.3 is 0 Å². The predicted molar refractivity (Wildman–Crippen MR) is 55.9 cm³/mol. The number of unbranched alkanes of at least 4 members (excludes halogenated alkanes) is 1. The third-order valence-corrected chi connectivity index (χ3v) is 2.26. The Morgan fingerprint density at radius 1 is 1.31 bits per heavy atom. The number of likely N-dealkylation sites (N-methyl/N-ethyl adjacent to an activating group) is 1. The number of carbonyl (C=O) groups is 1. The van der Waals surface area contributed by atoms with E-state index in [4.69, 9.17) is 0 Å². The van der Waals surface area contributed by atoms with Gasteiger partial charge < -0.3 is 10.6 Å². The van der Waals surface area contributed by atoms with Crippen molar-refractivity contribution < 1.29 is 4.79 Å². The summed E-state index contributed by atoms with van der Waals surface area (Å²) in [4.78, 5) is 11.3. The molecular formula is C10H22N2O. The Bertz CT molecular complexity index is 137. The summed E-state index contributed by atoms with van der Waals surface area (Å²) in [6, 6.07) is 0.0712. The molecule has 78 valence electrons. The molecule has 0 rings (SSSR count). The number of carbonyl (C=O) groups excluding carboxylic acids is 1. The zero-order valence-corrected chi connectivity index (χ0v) is 9.02. The van der Waals surface area contributed by atoms with E-state index in [1.54, 1.807) is 0 Å². The summed E-state index contributed by atoms with van der Waals surface area (Å²) < 4.78 is 0. The summed E-state index contributed by atoms with van der Waals surface area (Å²) in [5.74, 6) is 0.326. The van der Waals surface area contributed by atoms with E-state index in [0.29, 0.717) is 12.2 Å². The Labute approximate surface area is 81.3 Å². The van der Waals surface area contributed by atoms with Gasteiger partial charge in [-0.2, -0.15) is 0 Å². The molecule has 0 saturated heterocycles. The lowest BCUT2D eigenvalue weighted by Gasteiger charge is -2.13. The second-order valence-corrected chi connectivity index (χ2v) is 3.26. The highest BCUT2D eigenvalue weighted by molar-refractivity contribution is 5.83. The van der Waals surface area contributed by atoms with Crippen LogP contribution >= 0.6 is 0 Å². The van der Waals surface area contributed by atoms with Gasteiger partial charge in [0.1, 0.15) is 5.78 Å². The van der Waals surface area contributed by atoms with Crippen molar-refractivity contribution in [1.29, 1.82) is 0 Å². The van der Waals surface area contributed by atoms with Crippen LogP contribution in [0, 0.1) is 0 Å². The molecule has 2 N–H and O–H groups in total. The first-order chi connectivity index (χ1) is 6.26. The van der Waals surface area contributed by atoms with Crippen molar-refractivity contribution in [2.75, 3.05) is 20.6 Å². The van der Waals surface area contributed by atoms with Gasteiger partial charge in [0.15, 0.2) is 0 Å². The largest absolute Gasteiger partial charge is 0.320 e. The second-order valence-electron chi connectivity index (χ2n) is 3.26. The number of rotatable bonds is 8. The summed E-state index contributed by atoms with van der Waals surface area (Å²) in [5.41, 5.74) is 0. The Hall–Kier alpha value is -0.410. The molecule has 3 nitrogen and oxygen atoms in total. The maximum absolute atomic E-state index is 11.3. The fourth-order valence-corrected chi connectivity index (χ4v) is 1.36. The highest BCUT2D eigenvalue weighted by Crippen LogP contribution is 2.02. The molecule has 0 aliphatic carbocycles. The number of Topliss-reactive ketones (excluding diaryl/α,β-unsaturated/α-hetero) is 1. The Kier molecular flexibility index (Phi) is 7.94. The minimum Gasteiger partial charge on any atom is -0.320 e. The molecule has 0 aliphatic heterocycles. The van der Waals surface area contributed by atoms with Crippen molar-refractivity contribution in [3.63, 3.8) is 0 Å². The van der Waals surface area contributed by atoms with Gasteiger partial charge in [0.25, 0.3) is 0 Å². The number of ketones is 1. The van der Waals surface area contributed by atoms with Gasteiger partial charge in [-0.3, -0.25) is 4.79 Å². The van der Waals surface area contributed by atoms with Crippen LogP contribution in [-0.2, 0) is 4.79 Å². The van der Waals surface area contributed by atoms with Crippen LogP contribution in [-0.4, -0.2) is 32.5 Å². The SMILES string of the molecule is CCC(=O)C(CCCCNC)NC. The van der Waals surface area contributed by atoms with Gasteiger partial charge in [-0.25, -0.2) is 0 Å². The second kappa shape index (κ2) is 8.20. The normalized spacial score (nSPS) is 12.8. The van der Waals surface area contributed by atoms with Crippen LogP contribution in [0.15, 0.2) is 0 Å². The first kappa shape index (κ1) is 12.6. The first-order valence-electron chi connectivity index (χ1n) is 5.10. The van der Waals surface area contributed by atoms with Gasteiger partial charge in [-0.05, 0) is 33.5 Å². The van der Waals surface area contributed by atoms with Crippen molar-refractivity contribution in [2.45, 2.75) is 38.6 Å². The average Bonchev–Trinajstić information content (AvgIpc) is 2.17. The molecule has 0 aromatic carbocycles. The van der Waals surface area contributed by atoms with Crippen molar-refractivity contribution in [2.24, 2.45) is 0 Å². The quantitative estimate of drug-likeness (QED) is 0.554. The summed E-state index contributed by atoms with van der Waals surface area (Å²) in [7, 11) is 3.81. The molecule has 0 bridgehead atoms. The van der Waals surface area contributed by atoms with Crippen molar-refractivity contribution in [3.8, 4) is 0 Å². The molecular weight excluding hydrogens is 164 g/mol. The van der Waals surface area contributed by atoms with Crippen molar-refractivity contribution in [3.05, 3.63) is 0 Å². The molecule has 1 atom stereocenters. The Balaban J connectivity index is 3.53. The molecule has 0 saturated carbocycles. The highest BCUT2D eigenvalue weighted by Gasteiger charge is 2.12. The molecule has 3 heteroatoms. The van der Waals surface area contributed by atoms with Crippen LogP contribution in [0.2, 0.25) is 0 Å². The minimum absolute atomic E-state index is 0.0712. The van der Waals surface area contributed by atoms with Crippen LogP contribution in [0.4, 0.5) is 0 Å². The maximum atomic E-state index is 11.3. The summed E-state index contributed by atoms with van der Waals surface area (Å²) >= 11 is 0. The smallest absolute Gasteiger partial charge is 0.149 e. The van der Waals surface area contributed by atoms with E-state index in [2.05, 4.69) is 10.6 Å². The summed E-state index contributed by atoms with van der Waals surface area (Å²) in [6.07, 6.45) is 3.85. The van der Waals surface area contributed by atoms with Crippen molar-refractivity contribution in [1.82, 2.24) is 10.6 Å². The molecule has 0 aromatic rings. The Morgan fingerprint density at radius 3 is 2.46 bits per heavy atom. The van der Waals surface area contributed by atoms with E-state index < -0.39 is 0 Å². The average molecular weight is 186 g/mol. The molecule has 0 heterocycles. The highest BCUT2D eigenvalue weighted by atomic mass is 16.1. The van der Waals surface area contributed by atoms with Crippen LogP contribution in [0.25, 0.3) is 0 Å². The topological polar surface area (TPSA) is 41.1 Å². The molecule has 0 spiro atoms. The van der Waals surface area contributed by atoms with Gasteiger partial charge in [0, 0.05) is 6.42 Å². The lowest BCUT2D eigenvalue weighted by Crippen LogP contribution is -2.33. The first-order valence-corrected chi connectivity index (χ1v) is 5.10. The van der Waals surface area contributed by atoms with E-state index in [1.165, 1.54) is 0 Å². The zero-order valence-electron chi connectivity index (χ0n) is 9.02. The maximum Gasteiger partial charge on any atom is 0.149 e. The van der Waals surface area contributed by atoms with Gasteiger partial charge in [0.05, 0.1) is 6.04 Å². The van der Waals surface area contributed by atoms with E-state index in [0.717, 1.165) is 25.8 Å². The third-order valence-electron chi connectivity index (χ3n) is 2.26. The van der Waals surface area contributed by atoms with Gasteiger partial charge in [0.2, 0.25) is 0 Å². The monoisotopic (exact) mass is 186 g/mol. The number of hydrogen-bond donors (Lipinski definition) is 2. The minimum atomic E-state index is 0.0712. The molecule has 1 unspecified atom stereocenters. The fourth-order valence-electron chi connectivity index (χ4n) is 1.36. The molecule has 0 aliphatic rings. The van der Waals surface area contributed by atoms with Gasteiger partial charge in [-0.1, -0.05) is 13.3 Å². The molecule has 0 aromatic heterocycles. The van der Waals surface area contributed by atoms with Crippen LogP contribution in [0.1, 0.15) is 32.6 Å². The van der Waals surface area contributed by atoms with E-state index in [9.17, 15) is 4.79 Å². The standard InChI is InChI=1S/C10H22N2O/c1-4-10(13)9(12-3)7-5-6-8-11-2/h9,11-12H,4-8H2,1-3H3. The van der Waals surface area contributed by atoms with E-state index in [-0.39, 0.29) is 6.04 Å². The molecule has 0 amide bonds. The summed E-state index contributed by atoms with van der Waals surface area (Å²) in [5, 5.41) is 6.16. The lowest BCUT2D eigenvalue weighted by molar-refractivity contribution is -0.120. The van der Waals surface area contributed by atoms with Crippen LogP contribution in [0.3, 0.4) is 0 Å². The van der Waals surface area contributed by atoms with Crippen molar-refractivity contribution >= 4 is 5.78 Å². The van der Waals surface area contributed by atoms with Crippen LogP contribution < -0.4 is 10.6 Å². The van der Waals surface area contributed by atoms with E-state index in [1.807, 2.05) is 21.0 Å². The number of nitrogens with one attached hydrogen (secondary N) is 2. The summed E-state index contributed by atoms with van der Waals surface area (Å²) in [6.45, 7) is 2.96. The van der Waals surface area contributed by atoms with Crippen LogP contribution in [0.5, 0.6) is 0 Å². The fraction of sp³-hybridized carbons (Fsp3) is 0.900. The molecule has 0 radical (unpaired) electrons. The third kappa shape index (κ3) is 5.77. The Morgan fingerprint density at radius 2 is 2.00 bits per heavy atom. The van der Waals surface area contributed by atoms with Gasteiger partial charge in [-0.15, -0.1) is 0 Å². The van der Waals surface area contributed by atoms with E-state index >= 15 is 0 Å². The predicted octanol–water partition coefficient (Wildman–Crippen LogP) is 0.943. The zero-order chi connectivity index (χ0) is 10.1. The molecule has 13 heavy (non-hydrogen) atoms.